The molecule has 0 bridgehead atoms. The molecule has 0 heterocycles. The van der Waals surface area contributed by atoms with Gasteiger partial charge in [-0.05, 0) is 50.6 Å². The molecule has 0 radical (unpaired) electrons. The number of carbonyl (C=O) groups excluding carboxylic acids is 3. The van der Waals surface area contributed by atoms with Gasteiger partial charge in [0.15, 0.2) is 11.4 Å². The number of fused-ring (bicyclic) bond motifs is 3. The number of nitrogens with two attached hydrogens (primary N) is 1. The van der Waals surface area contributed by atoms with Crippen LogP contribution in [0.25, 0.3) is 5.76 Å². The summed E-state index contributed by atoms with van der Waals surface area (Å²) in [6.07, 6.45) is 0.324. The van der Waals surface area contributed by atoms with E-state index in [2.05, 4.69) is 0 Å². The second-order valence-corrected chi connectivity index (χ2v) is 9.31. The van der Waals surface area contributed by atoms with Crippen LogP contribution in [0.4, 0.5) is 5.69 Å². The first-order valence-electron chi connectivity index (χ1n) is 10.5. The van der Waals surface area contributed by atoms with Crippen LogP contribution in [0.15, 0.2) is 29.0 Å². The quantitative estimate of drug-likeness (QED) is 0.277. The largest absolute Gasteiger partial charge is 1.00 e. The third kappa shape index (κ3) is 3.20. The number of primary amides is 1. The highest BCUT2D eigenvalue weighted by molar-refractivity contribution is 6.24. The summed E-state index contributed by atoms with van der Waals surface area (Å²) in [7, 11) is 6.75. The highest BCUT2D eigenvalue weighted by Gasteiger charge is 2.64. The first kappa shape index (κ1) is 25.5. The maximum absolute atomic E-state index is 13.7. The molecule has 1 saturated carbocycles. The van der Waals surface area contributed by atoms with Gasteiger partial charge in [-0.2, -0.15) is 0 Å². The molecule has 3 aliphatic rings. The molecule has 3 unspecified atom stereocenters. The van der Waals surface area contributed by atoms with Crippen LogP contribution < -0.4 is 23.0 Å². The average molecular weight is 493 g/mol. The number of nitrogens with zero attached hydrogens (tertiary/aromatic N) is 2. The first-order chi connectivity index (χ1) is 15.3. The molecule has 1 amide bonds. The van der Waals surface area contributed by atoms with Crippen LogP contribution in [-0.4, -0.2) is 82.6 Å². The molecule has 0 aliphatic heterocycles. The molecule has 0 saturated heterocycles. The van der Waals surface area contributed by atoms with Crippen molar-refractivity contribution in [2.24, 2.45) is 17.6 Å². The Balaban J connectivity index is 0.00000324. The molecule has 3 aliphatic carbocycles. The lowest BCUT2D eigenvalue weighted by Gasteiger charge is -2.50. The summed E-state index contributed by atoms with van der Waals surface area (Å²) >= 11 is 0. The van der Waals surface area contributed by atoms with Crippen molar-refractivity contribution in [1.29, 1.82) is 0 Å². The third-order valence-electron chi connectivity index (χ3n) is 7.06. The molecule has 4 rings (SSSR count). The number of hydrogen-bond acceptors (Lipinski definition) is 9. The summed E-state index contributed by atoms with van der Waals surface area (Å²) in [4.78, 5) is 42.0. The molecule has 10 nitrogen and oxygen atoms in total. The maximum atomic E-state index is 13.7. The van der Waals surface area contributed by atoms with E-state index in [-0.39, 0.29) is 42.1 Å². The van der Waals surface area contributed by atoms with Gasteiger partial charge in [0, 0.05) is 31.3 Å². The van der Waals surface area contributed by atoms with E-state index in [1.165, 1.54) is 11.0 Å². The fourth-order valence-corrected chi connectivity index (χ4v) is 5.65. The number of carbonyl (C=O) groups is 3. The molecule has 0 aromatic heterocycles. The summed E-state index contributed by atoms with van der Waals surface area (Å²) in [5.41, 5.74) is 3.15. The molecule has 1 aromatic carbocycles. The third-order valence-corrected chi connectivity index (χ3v) is 7.06. The number of phenolic OH excluding ortho intramolecular Hbond substituents is 1. The zero-order valence-corrected chi connectivity index (χ0v) is 19.9. The fourth-order valence-electron chi connectivity index (χ4n) is 5.65. The Hall–Kier alpha value is -3.08. The standard InChI is InChI=1S/C23H27N3O7.ClH/c1-25(2)12-5-6-13(27)15-10(12)7-9-8-11-17(26(3)4)19(29)16(22(24)32)21(31)23(11,33)20(30)14(9)18(15)28;/h5-6,9,11,17,27-28,31,33H,7-8H2,1-4H3,(H2,24,32);1H/p-1/t9?,11?,17?,23-;/m0./s1. The first-order valence-corrected chi connectivity index (χ1v) is 10.5. The monoisotopic (exact) mass is 492 g/mol. The molecule has 0 spiro atoms. The van der Waals surface area contributed by atoms with Gasteiger partial charge in [0.2, 0.25) is 5.78 Å². The fraction of sp³-hybridized carbons (Fsp3) is 0.435. The van der Waals surface area contributed by atoms with Crippen LogP contribution in [0.3, 0.4) is 0 Å². The number of aliphatic hydroxyl groups excluding tert-OH is 2. The van der Waals surface area contributed by atoms with Crippen molar-refractivity contribution in [3.05, 3.63) is 40.2 Å². The van der Waals surface area contributed by atoms with Crippen molar-refractivity contribution in [3.8, 4) is 5.75 Å². The van der Waals surface area contributed by atoms with Crippen molar-refractivity contribution < 1.29 is 47.2 Å². The minimum atomic E-state index is -2.63. The van der Waals surface area contributed by atoms with Crippen molar-refractivity contribution in [2.45, 2.75) is 24.5 Å². The number of rotatable bonds is 3. The van der Waals surface area contributed by atoms with Crippen LogP contribution in [0, 0.1) is 11.8 Å². The van der Waals surface area contributed by atoms with Gasteiger partial charge in [0.05, 0.1) is 11.6 Å². The van der Waals surface area contributed by atoms with Gasteiger partial charge in [0.25, 0.3) is 5.91 Å². The normalized spacial score (nSPS) is 28.2. The van der Waals surface area contributed by atoms with Gasteiger partial charge in [-0.3, -0.25) is 19.3 Å². The van der Waals surface area contributed by atoms with Crippen LogP contribution in [0.5, 0.6) is 5.75 Å². The van der Waals surface area contributed by atoms with E-state index >= 15 is 0 Å². The lowest BCUT2D eigenvalue weighted by Crippen LogP contribution is -3.00. The molecule has 1 fully saturated rings. The van der Waals surface area contributed by atoms with Gasteiger partial charge in [-0.25, -0.2) is 0 Å². The van der Waals surface area contributed by atoms with Gasteiger partial charge >= 0.3 is 0 Å². The minimum Gasteiger partial charge on any atom is -1.00 e. The number of aromatic hydroxyl groups is 1. The summed E-state index contributed by atoms with van der Waals surface area (Å²) in [5.74, 6) is -6.54. The predicted molar refractivity (Wildman–Crippen MR) is 119 cm³/mol. The van der Waals surface area contributed by atoms with E-state index in [0.717, 1.165) is 5.69 Å². The van der Waals surface area contributed by atoms with Gasteiger partial charge in [0.1, 0.15) is 22.8 Å². The zero-order chi connectivity index (χ0) is 24.6. The van der Waals surface area contributed by atoms with Crippen molar-refractivity contribution in [3.63, 3.8) is 0 Å². The molecule has 184 valence electrons. The summed E-state index contributed by atoms with van der Waals surface area (Å²) < 4.78 is 0. The molecule has 34 heavy (non-hydrogen) atoms. The summed E-state index contributed by atoms with van der Waals surface area (Å²) in [6.45, 7) is 0. The number of likely N-dealkylation sites (N-methyl/N-ethyl adjacent to an activating group) is 1. The van der Waals surface area contributed by atoms with Crippen LogP contribution in [-0.2, 0) is 20.8 Å². The summed E-state index contributed by atoms with van der Waals surface area (Å²) in [5, 5.41) is 43.9. The van der Waals surface area contributed by atoms with Crippen molar-refractivity contribution >= 4 is 28.9 Å². The van der Waals surface area contributed by atoms with Gasteiger partial charge in [-0.1, -0.05) is 0 Å². The Morgan fingerprint density at radius 3 is 2.26 bits per heavy atom. The number of phenols is 1. The molecular formula is C23H27ClN3O7-. The SMILES string of the molecule is CN(C)c1ccc(O)c2c1CC1CC3C(N(C)C)C(=O)C(C(N)=O)=C(O)[C@@]3(O)C(=O)C1=C2O.[Cl-]. The number of benzene rings is 1. The minimum absolute atomic E-state index is 0. The predicted octanol–water partition coefficient (Wildman–Crippen LogP) is -2.97. The number of aliphatic hydroxyl groups is 3. The Bertz CT molecular complexity index is 1170. The smallest absolute Gasteiger partial charge is 0.255 e. The summed E-state index contributed by atoms with van der Waals surface area (Å²) in [6, 6.07) is 2.01. The molecule has 4 atom stereocenters. The highest BCUT2D eigenvalue weighted by Crippen LogP contribution is 2.53. The Morgan fingerprint density at radius 2 is 1.74 bits per heavy atom. The molecule has 6 N–H and O–H groups in total. The van der Waals surface area contributed by atoms with Crippen LogP contribution in [0.1, 0.15) is 17.5 Å². The van der Waals surface area contributed by atoms with E-state index in [9.17, 15) is 34.8 Å². The van der Waals surface area contributed by atoms with E-state index in [1.54, 1.807) is 20.2 Å². The van der Waals surface area contributed by atoms with Crippen LogP contribution in [0.2, 0.25) is 0 Å². The Morgan fingerprint density at radius 1 is 1.12 bits per heavy atom. The Labute approximate surface area is 202 Å². The lowest BCUT2D eigenvalue weighted by molar-refractivity contribution is -0.153. The number of ketones is 2. The molecule has 1 aromatic rings. The van der Waals surface area contributed by atoms with E-state index in [4.69, 9.17) is 5.73 Å². The van der Waals surface area contributed by atoms with E-state index < -0.39 is 58.0 Å². The highest BCUT2D eigenvalue weighted by atomic mass is 35.5. The van der Waals surface area contributed by atoms with Gasteiger partial charge < -0.3 is 43.5 Å². The number of anilines is 1. The van der Waals surface area contributed by atoms with Crippen molar-refractivity contribution in [1.82, 2.24) is 4.90 Å². The number of hydrogen-bond donors (Lipinski definition) is 5. The maximum Gasteiger partial charge on any atom is 0.255 e. The zero-order valence-electron chi connectivity index (χ0n) is 19.2. The van der Waals surface area contributed by atoms with E-state index in [0.29, 0.717) is 5.56 Å². The number of halogens is 1. The second kappa shape index (κ2) is 8.30. The number of Topliss-reactive ketones (excluding diaryl/α,β-unsaturated/α-hetero) is 2. The second-order valence-electron chi connectivity index (χ2n) is 9.31. The lowest BCUT2D eigenvalue weighted by atomic mass is 9.57. The molecule has 11 heteroatoms. The Kier molecular flexibility index (Phi) is 6.23. The molecular weight excluding hydrogens is 466 g/mol. The number of amides is 1. The van der Waals surface area contributed by atoms with Gasteiger partial charge in [-0.15, -0.1) is 0 Å². The van der Waals surface area contributed by atoms with Crippen molar-refractivity contribution in [2.75, 3.05) is 33.1 Å². The van der Waals surface area contributed by atoms with E-state index in [1.807, 2.05) is 19.0 Å². The topological polar surface area (TPSA) is 165 Å². The van der Waals surface area contributed by atoms with Crippen LogP contribution >= 0.6 is 0 Å². The average Bonchev–Trinajstić information content (AvgIpc) is 2.70.